The molecule has 0 heterocycles. The molecule has 0 aliphatic carbocycles. The fourth-order valence-corrected chi connectivity index (χ4v) is 1.81. The summed E-state index contributed by atoms with van der Waals surface area (Å²) in [6.07, 6.45) is 1.91. The maximum absolute atomic E-state index is 11.8. The van der Waals surface area contributed by atoms with E-state index in [9.17, 15) is 4.79 Å². The van der Waals surface area contributed by atoms with Crippen LogP contribution >= 0.6 is 0 Å². The Morgan fingerprint density at radius 1 is 1.14 bits per heavy atom. The molecule has 0 unspecified atom stereocenters. The van der Waals surface area contributed by atoms with Crippen LogP contribution in [0.4, 0.5) is 0 Å². The standard InChI is InChI=1S/C17H18N2O2/c1-2-21-16-10-8-14(9-11-16)12-17(20)19-18-13-15-6-4-3-5-7-15/h3-11,13H,2,12H2,1H3,(H,19,20)/b18-13-. The molecule has 2 rings (SSSR count). The third-order valence-electron chi connectivity index (χ3n) is 2.80. The van der Waals surface area contributed by atoms with Crippen LogP contribution in [0, 0.1) is 0 Å². The summed E-state index contributed by atoms with van der Waals surface area (Å²) in [6.45, 7) is 2.57. The van der Waals surface area contributed by atoms with E-state index >= 15 is 0 Å². The van der Waals surface area contributed by atoms with Gasteiger partial charge >= 0.3 is 0 Å². The first-order valence-corrected chi connectivity index (χ1v) is 6.86. The predicted octanol–water partition coefficient (Wildman–Crippen LogP) is 2.78. The number of hydrogen-bond acceptors (Lipinski definition) is 3. The van der Waals surface area contributed by atoms with E-state index in [1.165, 1.54) is 0 Å². The minimum atomic E-state index is -0.147. The van der Waals surface area contributed by atoms with E-state index < -0.39 is 0 Å². The Balaban J connectivity index is 1.83. The van der Waals surface area contributed by atoms with Crippen molar-refractivity contribution >= 4 is 12.1 Å². The minimum absolute atomic E-state index is 0.147. The highest BCUT2D eigenvalue weighted by molar-refractivity contribution is 5.83. The Kier molecular flexibility index (Phi) is 5.52. The number of hydrogen-bond donors (Lipinski definition) is 1. The number of nitrogens with zero attached hydrogens (tertiary/aromatic N) is 1. The highest BCUT2D eigenvalue weighted by Crippen LogP contribution is 2.12. The number of amides is 1. The van der Waals surface area contributed by atoms with Gasteiger partial charge in [-0.1, -0.05) is 42.5 Å². The maximum atomic E-state index is 11.8. The fourth-order valence-electron chi connectivity index (χ4n) is 1.81. The second-order valence-corrected chi connectivity index (χ2v) is 4.46. The van der Waals surface area contributed by atoms with Crippen LogP contribution in [-0.2, 0) is 11.2 Å². The fraction of sp³-hybridized carbons (Fsp3) is 0.176. The van der Waals surface area contributed by atoms with Crippen molar-refractivity contribution in [1.29, 1.82) is 0 Å². The summed E-state index contributed by atoms with van der Waals surface area (Å²) in [7, 11) is 0. The lowest BCUT2D eigenvalue weighted by Crippen LogP contribution is -2.19. The summed E-state index contributed by atoms with van der Waals surface area (Å²) < 4.78 is 5.36. The Morgan fingerprint density at radius 2 is 1.86 bits per heavy atom. The largest absolute Gasteiger partial charge is 0.494 e. The molecule has 0 aliphatic heterocycles. The van der Waals surface area contributed by atoms with E-state index in [0.717, 1.165) is 16.9 Å². The first-order valence-electron chi connectivity index (χ1n) is 6.86. The van der Waals surface area contributed by atoms with Crippen molar-refractivity contribution in [2.24, 2.45) is 5.10 Å². The summed E-state index contributed by atoms with van der Waals surface area (Å²) in [6, 6.07) is 17.1. The van der Waals surface area contributed by atoms with Gasteiger partial charge < -0.3 is 4.74 Å². The van der Waals surface area contributed by atoms with Gasteiger partial charge in [0.2, 0.25) is 5.91 Å². The van der Waals surface area contributed by atoms with Crippen LogP contribution in [0.5, 0.6) is 5.75 Å². The summed E-state index contributed by atoms with van der Waals surface area (Å²) in [5.41, 5.74) is 4.38. The predicted molar refractivity (Wildman–Crippen MR) is 83.5 cm³/mol. The molecule has 0 aromatic heterocycles. The molecule has 0 radical (unpaired) electrons. The van der Waals surface area contributed by atoms with Crippen LogP contribution < -0.4 is 10.2 Å². The molecule has 0 bridgehead atoms. The van der Waals surface area contributed by atoms with Gasteiger partial charge in [0.05, 0.1) is 19.2 Å². The molecule has 21 heavy (non-hydrogen) atoms. The molecule has 0 aliphatic rings. The SMILES string of the molecule is CCOc1ccc(CC(=O)N/N=C\c2ccccc2)cc1. The van der Waals surface area contributed by atoms with Crippen LogP contribution in [0.1, 0.15) is 18.1 Å². The number of hydrazone groups is 1. The Bertz CT molecular complexity index is 592. The summed E-state index contributed by atoms with van der Waals surface area (Å²) in [5.74, 6) is 0.662. The van der Waals surface area contributed by atoms with Crippen molar-refractivity contribution in [3.8, 4) is 5.75 Å². The lowest BCUT2D eigenvalue weighted by Gasteiger charge is -2.04. The van der Waals surface area contributed by atoms with Crippen LogP contribution in [0.3, 0.4) is 0 Å². The molecule has 0 saturated heterocycles. The summed E-state index contributed by atoms with van der Waals surface area (Å²) in [5, 5.41) is 3.94. The van der Waals surface area contributed by atoms with Gasteiger partial charge in [-0.15, -0.1) is 0 Å². The highest BCUT2D eigenvalue weighted by atomic mass is 16.5. The monoisotopic (exact) mass is 282 g/mol. The van der Waals surface area contributed by atoms with Gasteiger partial charge in [0, 0.05) is 0 Å². The second kappa shape index (κ2) is 7.85. The molecular formula is C17H18N2O2. The molecule has 108 valence electrons. The zero-order valence-electron chi connectivity index (χ0n) is 12.0. The molecule has 1 amide bonds. The van der Waals surface area contributed by atoms with Crippen molar-refractivity contribution in [3.05, 3.63) is 65.7 Å². The van der Waals surface area contributed by atoms with E-state index in [4.69, 9.17) is 4.74 Å². The molecular weight excluding hydrogens is 264 g/mol. The van der Waals surface area contributed by atoms with E-state index in [2.05, 4.69) is 10.5 Å². The third kappa shape index (κ3) is 5.10. The Hall–Kier alpha value is -2.62. The summed E-state index contributed by atoms with van der Waals surface area (Å²) in [4.78, 5) is 11.8. The van der Waals surface area contributed by atoms with Crippen molar-refractivity contribution in [3.63, 3.8) is 0 Å². The topological polar surface area (TPSA) is 50.7 Å². The van der Waals surface area contributed by atoms with Crippen LogP contribution in [0.15, 0.2) is 59.7 Å². The van der Waals surface area contributed by atoms with Gasteiger partial charge in [-0.2, -0.15) is 5.10 Å². The second-order valence-electron chi connectivity index (χ2n) is 4.46. The molecule has 4 heteroatoms. The van der Waals surface area contributed by atoms with Gasteiger partial charge in [-0.05, 0) is 30.2 Å². The first kappa shape index (κ1) is 14.8. The molecule has 4 nitrogen and oxygen atoms in total. The Labute approximate surface area is 124 Å². The number of rotatable bonds is 6. The van der Waals surface area contributed by atoms with Crippen molar-refractivity contribution in [2.45, 2.75) is 13.3 Å². The zero-order valence-corrected chi connectivity index (χ0v) is 12.0. The molecule has 0 atom stereocenters. The van der Waals surface area contributed by atoms with E-state index in [1.807, 2.05) is 61.5 Å². The number of nitrogens with one attached hydrogen (secondary N) is 1. The van der Waals surface area contributed by atoms with Gasteiger partial charge in [0.1, 0.15) is 5.75 Å². The van der Waals surface area contributed by atoms with Gasteiger partial charge in [0.15, 0.2) is 0 Å². The molecule has 0 spiro atoms. The number of carbonyl (C=O) groups is 1. The summed E-state index contributed by atoms with van der Waals surface area (Å²) >= 11 is 0. The number of ether oxygens (including phenoxy) is 1. The van der Waals surface area contributed by atoms with Crippen molar-refractivity contribution < 1.29 is 9.53 Å². The third-order valence-corrected chi connectivity index (χ3v) is 2.80. The molecule has 2 aromatic rings. The number of carbonyl (C=O) groups excluding carboxylic acids is 1. The van der Waals surface area contributed by atoms with E-state index in [0.29, 0.717) is 13.0 Å². The Morgan fingerprint density at radius 3 is 2.52 bits per heavy atom. The average molecular weight is 282 g/mol. The van der Waals surface area contributed by atoms with Crippen molar-refractivity contribution in [1.82, 2.24) is 5.43 Å². The van der Waals surface area contributed by atoms with Crippen LogP contribution in [0.2, 0.25) is 0 Å². The van der Waals surface area contributed by atoms with Crippen LogP contribution in [-0.4, -0.2) is 18.7 Å². The first-order chi connectivity index (χ1) is 10.3. The number of benzene rings is 2. The van der Waals surface area contributed by atoms with Gasteiger partial charge in [-0.3, -0.25) is 4.79 Å². The zero-order chi connectivity index (χ0) is 14.9. The van der Waals surface area contributed by atoms with Gasteiger partial charge in [0.25, 0.3) is 0 Å². The quantitative estimate of drug-likeness (QED) is 0.654. The molecule has 0 saturated carbocycles. The van der Waals surface area contributed by atoms with E-state index in [-0.39, 0.29) is 5.91 Å². The molecule has 2 aromatic carbocycles. The normalized spacial score (nSPS) is 10.5. The highest BCUT2D eigenvalue weighted by Gasteiger charge is 2.02. The van der Waals surface area contributed by atoms with Crippen LogP contribution in [0.25, 0.3) is 0 Å². The van der Waals surface area contributed by atoms with Gasteiger partial charge in [-0.25, -0.2) is 5.43 Å². The smallest absolute Gasteiger partial charge is 0.244 e. The lowest BCUT2D eigenvalue weighted by molar-refractivity contribution is -0.120. The average Bonchev–Trinajstić information content (AvgIpc) is 2.51. The van der Waals surface area contributed by atoms with E-state index in [1.54, 1.807) is 6.21 Å². The minimum Gasteiger partial charge on any atom is -0.494 e. The maximum Gasteiger partial charge on any atom is 0.244 e. The molecule has 1 N–H and O–H groups in total. The van der Waals surface area contributed by atoms with Crippen molar-refractivity contribution in [2.75, 3.05) is 6.61 Å². The lowest BCUT2D eigenvalue weighted by atomic mass is 10.1. The molecule has 0 fully saturated rings.